The summed E-state index contributed by atoms with van der Waals surface area (Å²) in [6.07, 6.45) is 2.64. The van der Waals surface area contributed by atoms with Crippen LogP contribution >= 0.6 is 0 Å². The first kappa shape index (κ1) is 17.9. The van der Waals surface area contributed by atoms with Crippen LogP contribution in [-0.4, -0.2) is 35.8 Å². The summed E-state index contributed by atoms with van der Waals surface area (Å²) in [5, 5.41) is 0. The van der Waals surface area contributed by atoms with E-state index in [9.17, 15) is 9.59 Å². The molecule has 0 fully saturated rings. The van der Waals surface area contributed by atoms with Crippen LogP contribution in [0, 0.1) is 11.8 Å². The van der Waals surface area contributed by atoms with Gasteiger partial charge >= 0.3 is 0 Å². The second-order valence-electron chi connectivity index (χ2n) is 5.89. The van der Waals surface area contributed by atoms with Crippen LogP contribution in [0.3, 0.4) is 0 Å². The Balaban J connectivity index is 4.38. The molecule has 0 aliphatic heterocycles. The van der Waals surface area contributed by atoms with E-state index in [1.165, 1.54) is 0 Å². The highest BCUT2D eigenvalue weighted by Crippen LogP contribution is 2.13. The summed E-state index contributed by atoms with van der Waals surface area (Å²) in [5.41, 5.74) is 10.9. The summed E-state index contributed by atoms with van der Waals surface area (Å²) in [5.74, 6) is -0.217. The summed E-state index contributed by atoms with van der Waals surface area (Å²) in [4.78, 5) is 24.9. The van der Waals surface area contributed by atoms with Crippen molar-refractivity contribution in [1.29, 1.82) is 0 Å². The molecule has 4 N–H and O–H groups in total. The zero-order valence-electron chi connectivity index (χ0n) is 12.7. The molecule has 0 aromatic heterocycles. The molecule has 2 atom stereocenters. The molecule has 2 unspecified atom stereocenters. The highest BCUT2D eigenvalue weighted by molar-refractivity contribution is 5.84. The number of nitrogens with zero attached hydrogens (tertiary/aromatic N) is 1. The van der Waals surface area contributed by atoms with Gasteiger partial charge in [-0.15, -0.1) is 0 Å². The minimum atomic E-state index is -0.461. The van der Waals surface area contributed by atoms with Crippen molar-refractivity contribution in [3.05, 3.63) is 0 Å². The van der Waals surface area contributed by atoms with Gasteiger partial charge in [-0.1, -0.05) is 27.2 Å². The molecule has 0 saturated heterocycles. The molecule has 0 aromatic carbocycles. The van der Waals surface area contributed by atoms with Crippen molar-refractivity contribution in [1.82, 2.24) is 4.90 Å². The maximum absolute atomic E-state index is 12.3. The molecule has 0 aliphatic rings. The van der Waals surface area contributed by atoms with Gasteiger partial charge in [0.05, 0.1) is 6.54 Å². The normalized spacial score (nSPS) is 14.2. The van der Waals surface area contributed by atoms with Gasteiger partial charge in [-0.05, 0) is 25.7 Å². The highest BCUT2D eigenvalue weighted by Gasteiger charge is 2.22. The van der Waals surface area contributed by atoms with E-state index in [0.717, 1.165) is 19.3 Å². The third kappa shape index (κ3) is 8.59. The number of nitrogens with two attached hydrogens (primary N) is 2. The predicted molar refractivity (Wildman–Crippen MR) is 77.3 cm³/mol. The van der Waals surface area contributed by atoms with E-state index in [-0.39, 0.29) is 24.4 Å². The second-order valence-corrected chi connectivity index (χ2v) is 5.89. The maximum Gasteiger partial charge on any atom is 0.237 e. The molecule has 0 spiro atoms. The Bertz CT molecular complexity index is 290. The fraction of sp³-hybridized carbons (Fsp3) is 0.857. The van der Waals surface area contributed by atoms with Crippen LogP contribution < -0.4 is 11.5 Å². The Morgan fingerprint density at radius 2 is 1.68 bits per heavy atom. The van der Waals surface area contributed by atoms with Crippen molar-refractivity contribution in [2.75, 3.05) is 13.1 Å². The molecule has 5 nitrogen and oxygen atoms in total. The molecule has 2 amide bonds. The lowest BCUT2D eigenvalue weighted by molar-refractivity contribution is -0.139. The van der Waals surface area contributed by atoms with E-state index >= 15 is 0 Å². The lowest BCUT2D eigenvalue weighted by atomic mass is 10.00. The van der Waals surface area contributed by atoms with Gasteiger partial charge in [-0.2, -0.15) is 0 Å². The molecule has 0 rings (SSSR count). The molecule has 112 valence electrons. The lowest BCUT2D eigenvalue weighted by Crippen LogP contribution is -2.43. The van der Waals surface area contributed by atoms with Crippen molar-refractivity contribution in [3.63, 3.8) is 0 Å². The molecule has 5 heteroatoms. The summed E-state index contributed by atoms with van der Waals surface area (Å²) in [7, 11) is 0. The lowest BCUT2D eigenvalue weighted by Gasteiger charge is -2.26. The molecular weight excluding hydrogens is 242 g/mol. The molecule has 0 radical (unpaired) electrons. The van der Waals surface area contributed by atoms with Crippen molar-refractivity contribution >= 4 is 11.8 Å². The Morgan fingerprint density at radius 1 is 1.11 bits per heavy atom. The van der Waals surface area contributed by atoms with Gasteiger partial charge < -0.3 is 16.4 Å². The van der Waals surface area contributed by atoms with Crippen LogP contribution in [0.15, 0.2) is 0 Å². The number of hydrogen-bond acceptors (Lipinski definition) is 3. The first-order chi connectivity index (χ1) is 8.73. The van der Waals surface area contributed by atoms with Crippen molar-refractivity contribution < 1.29 is 9.59 Å². The van der Waals surface area contributed by atoms with Crippen molar-refractivity contribution in [2.45, 2.75) is 53.0 Å². The Labute approximate surface area is 116 Å². The third-order valence-electron chi connectivity index (χ3n) is 2.96. The van der Waals surface area contributed by atoms with Crippen LogP contribution in [0.25, 0.3) is 0 Å². The fourth-order valence-corrected chi connectivity index (χ4v) is 2.04. The Morgan fingerprint density at radius 3 is 2.11 bits per heavy atom. The van der Waals surface area contributed by atoms with Gasteiger partial charge in [0.15, 0.2) is 0 Å². The van der Waals surface area contributed by atoms with Crippen LogP contribution in [0.1, 0.15) is 47.0 Å². The zero-order valence-corrected chi connectivity index (χ0v) is 12.7. The molecule has 0 bridgehead atoms. The molecule has 0 aliphatic carbocycles. The van der Waals surface area contributed by atoms with Crippen LogP contribution in [0.4, 0.5) is 0 Å². The predicted octanol–water partition coefficient (Wildman–Crippen LogP) is 1.11. The van der Waals surface area contributed by atoms with E-state index in [0.29, 0.717) is 12.5 Å². The molecular formula is C14H29N3O2. The SMILES string of the molecule is CC(C)CN(CC(N)=O)C(=O)C(C)CCCC(C)N. The number of amides is 2. The first-order valence-electron chi connectivity index (χ1n) is 7.06. The van der Waals surface area contributed by atoms with Crippen LogP contribution in [0.2, 0.25) is 0 Å². The Kier molecular flexibility index (Phi) is 8.39. The molecule has 0 aromatic rings. The van der Waals surface area contributed by atoms with Gasteiger partial charge in [-0.3, -0.25) is 9.59 Å². The van der Waals surface area contributed by atoms with Gasteiger partial charge in [0.1, 0.15) is 0 Å². The molecule has 19 heavy (non-hydrogen) atoms. The van der Waals surface area contributed by atoms with E-state index in [2.05, 4.69) is 0 Å². The average molecular weight is 271 g/mol. The van der Waals surface area contributed by atoms with Gasteiger partial charge in [0.2, 0.25) is 11.8 Å². The van der Waals surface area contributed by atoms with Crippen molar-refractivity contribution in [3.8, 4) is 0 Å². The van der Waals surface area contributed by atoms with E-state index in [1.54, 1.807) is 4.90 Å². The number of carbonyl (C=O) groups is 2. The van der Waals surface area contributed by atoms with Gasteiger partial charge in [-0.25, -0.2) is 0 Å². The van der Waals surface area contributed by atoms with Crippen LogP contribution in [-0.2, 0) is 9.59 Å². The summed E-state index contributed by atoms with van der Waals surface area (Å²) >= 11 is 0. The monoisotopic (exact) mass is 271 g/mol. The number of primary amides is 1. The maximum atomic E-state index is 12.3. The third-order valence-corrected chi connectivity index (χ3v) is 2.96. The van der Waals surface area contributed by atoms with Gasteiger partial charge in [0.25, 0.3) is 0 Å². The quantitative estimate of drug-likeness (QED) is 0.658. The van der Waals surface area contributed by atoms with Gasteiger partial charge in [0, 0.05) is 18.5 Å². The van der Waals surface area contributed by atoms with Crippen molar-refractivity contribution in [2.24, 2.45) is 23.3 Å². The minimum absolute atomic E-state index is 0.00858. The molecule has 0 heterocycles. The smallest absolute Gasteiger partial charge is 0.237 e. The van der Waals surface area contributed by atoms with E-state index in [4.69, 9.17) is 11.5 Å². The highest BCUT2D eigenvalue weighted by atomic mass is 16.2. The van der Waals surface area contributed by atoms with E-state index < -0.39 is 5.91 Å². The fourth-order valence-electron chi connectivity index (χ4n) is 2.04. The minimum Gasteiger partial charge on any atom is -0.368 e. The topological polar surface area (TPSA) is 89.4 Å². The summed E-state index contributed by atoms with van der Waals surface area (Å²) in [6, 6.07) is 0.166. The van der Waals surface area contributed by atoms with E-state index in [1.807, 2.05) is 27.7 Å². The average Bonchev–Trinajstić information content (AvgIpc) is 2.25. The molecule has 0 saturated carbocycles. The zero-order chi connectivity index (χ0) is 15.0. The van der Waals surface area contributed by atoms with Crippen LogP contribution in [0.5, 0.6) is 0 Å². The summed E-state index contributed by atoms with van der Waals surface area (Å²) in [6.45, 7) is 8.47. The Hall–Kier alpha value is -1.10. The first-order valence-corrected chi connectivity index (χ1v) is 7.06. The number of carbonyl (C=O) groups excluding carboxylic acids is 2. The number of rotatable bonds is 9. The summed E-state index contributed by atoms with van der Waals surface area (Å²) < 4.78 is 0. The largest absolute Gasteiger partial charge is 0.368 e. The number of hydrogen-bond donors (Lipinski definition) is 2. The second kappa shape index (κ2) is 8.91. The standard InChI is InChI=1S/C14H29N3O2/c1-10(2)8-17(9-13(16)18)14(19)11(3)6-5-7-12(4)15/h10-12H,5-9,15H2,1-4H3,(H2,16,18).